The summed E-state index contributed by atoms with van der Waals surface area (Å²) in [5.74, 6) is 1.45. The van der Waals surface area contributed by atoms with Gasteiger partial charge in [-0.25, -0.2) is 4.39 Å². The molecule has 0 spiro atoms. The molecular weight excluding hydrogens is 399 g/mol. The third kappa shape index (κ3) is 5.88. The Morgan fingerprint density at radius 2 is 1.77 bits per heavy atom. The van der Waals surface area contributed by atoms with E-state index in [1.165, 1.54) is 12.1 Å². The highest BCUT2D eigenvalue weighted by Crippen LogP contribution is 2.17. The number of nitrogens with zero attached hydrogens (tertiary/aromatic N) is 4. The van der Waals surface area contributed by atoms with E-state index in [4.69, 9.17) is 9.26 Å². The molecule has 2 aromatic carbocycles. The van der Waals surface area contributed by atoms with E-state index in [2.05, 4.69) is 15.0 Å². The van der Waals surface area contributed by atoms with Gasteiger partial charge in [-0.3, -0.25) is 9.69 Å². The summed E-state index contributed by atoms with van der Waals surface area (Å²) < 4.78 is 24.0. The number of halogens is 1. The van der Waals surface area contributed by atoms with Gasteiger partial charge in [0.2, 0.25) is 17.6 Å². The van der Waals surface area contributed by atoms with Crippen molar-refractivity contribution in [3.05, 3.63) is 66.3 Å². The number of hydrogen-bond acceptors (Lipinski definition) is 6. The Morgan fingerprint density at radius 1 is 1.03 bits per heavy atom. The van der Waals surface area contributed by atoms with Crippen molar-refractivity contribution < 1.29 is 18.4 Å². The van der Waals surface area contributed by atoms with Gasteiger partial charge >= 0.3 is 0 Å². The van der Waals surface area contributed by atoms with Gasteiger partial charge in [-0.1, -0.05) is 23.4 Å². The second kappa shape index (κ2) is 10.2. The molecule has 0 atom stereocenters. The van der Waals surface area contributed by atoms with Crippen molar-refractivity contribution in [2.24, 2.45) is 0 Å². The molecule has 162 valence electrons. The second-order valence-electron chi connectivity index (χ2n) is 7.40. The number of hydrogen-bond donors (Lipinski definition) is 0. The first kappa shape index (κ1) is 21.0. The Morgan fingerprint density at radius 3 is 2.52 bits per heavy atom. The smallest absolute Gasteiger partial charge is 0.227 e. The third-order valence-electron chi connectivity index (χ3n) is 5.27. The lowest BCUT2D eigenvalue weighted by Crippen LogP contribution is -2.49. The van der Waals surface area contributed by atoms with E-state index >= 15 is 0 Å². The van der Waals surface area contributed by atoms with E-state index < -0.39 is 0 Å². The summed E-state index contributed by atoms with van der Waals surface area (Å²) in [5, 5.41) is 3.91. The number of aryl methyl sites for hydroxylation is 1. The highest BCUT2D eigenvalue weighted by molar-refractivity contribution is 5.76. The maximum atomic E-state index is 13.0. The molecule has 1 fully saturated rings. The van der Waals surface area contributed by atoms with Crippen LogP contribution in [0.4, 0.5) is 4.39 Å². The van der Waals surface area contributed by atoms with Crippen LogP contribution in [0, 0.1) is 5.82 Å². The zero-order valence-electron chi connectivity index (χ0n) is 17.2. The standard InChI is InChI=1S/C23H25FN4O3/c24-19-8-6-18(7-9-19)23-25-21(31-26-23)10-11-22(29)28-14-12-27(13-15-28)16-17-30-20-4-2-1-3-5-20/h1-9H,10-17H2. The van der Waals surface area contributed by atoms with Crippen LogP contribution in [-0.2, 0) is 11.2 Å². The van der Waals surface area contributed by atoms with E-state index in [1.807, 2.05) is 35.2 Å². The van der Waals surface area contributed by atoms with Crippen LogP contribution in [0.15, 0.2) is 59.1 Å². The van der Waals surface area contributed by atoms with Crippen molar-refractivity contribution in [2.45, 2.75) is 12.8 Å². The lowest BCUT2D eigenvalue weighted by molar-refractivity contribution is -0.133. The first-order chi connectivity index (χ1) is 15.2. The SMILES string of the molecule is O=C(CCc1nc(-c2ccc(F)cc2)no1)N1CCN(CCOc2ccccc2)CC1. The Bertz CT molecular complexity index is 970. The number of carbonyl (C=O) groups excluding carboxylic acids is 1. The number of benzene rings is 2. The summed E-state index contributed by atoms with van der Waals surface area (Å²) in [6.07, 6.45) is 0.709. The molecule has 0 aliphatic carbocycles. The zero-order valence-corrected chi connectivity index (χ0v) is 17.2. The molecule has 8 heteroatoms. The molecule has 1 aromatic heterocycles. The minimum Gasteiger partial charge on any atom is -0.492 e. The molecular formula is C23H25FN4O3. The molecule has 2 heterocycles. The summed E-state index contributed by atoms with van der Waals surface area (Å²) in [5.41, 5.74) is 0.676. The fraction of sp³-hybridized carbons (Fsp3) is 0.348. The predicted octanol–water partition coefficient (Wildman–Crippen LogP) is 3.03. The third-order valence-corrected chi connectivity index (χ3v) is 5.27. The Labute approximate surface area is 180 Å². The monoisotopic (exact) mass is 424 g/mol. The van der Waals surface area contributed by atoms with Gasteiger partial charge in [0.05, 0.1) is 0 Å². The Balaban J connectivity index is 1.17. The summed E-state index contributed by atoms with van der Waals surface area (Å²) in [4.78, 5) is 21.0. The highest BCUT2D eigenvalue weighted by Gasteiger charge is 2.21. The van der Waals surface area contributed by atoms with Crippen LogP contribution < -0.4 is 4.74 Å². The Kier molecular flexibility index (Phi) is 6.89. The maximum absolute atomic E-state index is 13.0. The van der Waals surface area contributed by atoms with E-state index in [0.29, 0.717) is 49.8 Å². The number of piperazine rings is 1. The molecule has 3 aromatic rings. The average molecular weight is 424 g/mol. The van der Waals surface area contributed by atoms with Crippen LogP contribution in [0.2, 0.25) is 0 Å². The number of para-hydroxylation sites is 1. The fourth-order valence-corrected chi connectivity index (χ4v) is 3.47. The van der Waals surface area contributed by atoms with Crippen LogP contribution in [0.3, 0.4) is 0 Å². The molecule has 4 rings (SSSR count). The van der Waals surface area contributed by atoms with Crippen LogP contribution in [0.1, 0.15) is 12.3 Å². The average Bonchev–Trinajstić information content (AvgIpc) is 3.28. The predicted molar refractivity (Wildman–Crippen MR) is 113 cm³/mol. The van der Waals surface area contributed by atoms with E-state index in [-0.39, 0.29) is 11.7 Å². The van der Waals surface area contributed by atoms with E-state index in [9.17, 15) is 9.18 Å². The van der Waals surface area contributed by atoms with Crippen molar-refractivity contribution in [2.75, 3.05) is 39.3 Å². The van der Waals surface area contributed by atoms with Crippen LogP contribution >= 0.6 is 0 Å². The number of carbonyl (C=O) groups is 1. The first-order valence-corrected chi connectivity index (χ1v) is 10.4. The minimum atomic E-state index is -0.318. The molecule has 0 N–H and O–H groups in total. The van der Waals surface area contributed by atoms with Gasteiger partial charge in [0.25, 0.3) is 0 Å². The van der Waals surface area contributed by atoms with Crippen molar-refractivity contribution in [3.8, 4) is 17.1 Å². The van der Waals surface area contributed by atoms with Gasteiger partial charge in [0.1, 0.15) is 18.2 Å². The lowest BCUT2D eigenvalue weighted by Gasteiger charge is -2.34. The van der Waals surface area contributed by atoms with Gasteiger partial charge < -0.3 is 14.2 Å². The van der Waals surface area contributed by atoms with Crippen molar-refractivity contribution >= 4 is 5.91 Å². The van der Waals surface area contributed by atoms with Crippen molar-refractivity contribution in [1.82, 2.24) is 19.9 Å². The maximum Gasteiger partial charge on any atom is 0.227 e. The lowest BCUT2D eigenvalue weighted by atomic mass is 10.2. The highest BCUT2D eigenvalue weighted by atomic mass is 19.1. The molecule has 1 saturated heterocycles. The molecule has 1 aliphatic heterocycles. The van der Waals surface area contributed by atoms with Crippen LogP contribution in [0.5, 0.6) is 5.75 Å². The molecule has 0 radical (unpaired) electrons. The molecule has 0 bridgehead atoms. The fourth-order valence-electron chi connectivity index (χ4n) is 3.47. The van der Waals surface area contributed by atoms with Gasteiger partial charge in [-0.15, -0.1) is 0 Å². The van der Waals surface area contributed by atoms with Gasteiger partial charge in [-0.05, 0) is 36.4 Å². The van der Waals surface area contributed by atoms with Crippen molar-refractivity contribution in [3.63, 3.8) is 0 Å². The van der Waals surface area contributed by atoms with E-state index in [0.717, 1.165) is 25.4 Å². The van der Waals surface area contributed by atoms with Gasteiger partial charge in [-0.2, -0.15) is 4.98 Å². The van der Waals surface area contributed by atoms with E-state index in [1.54, 1.807) is 12.1 Å². The molecule has 31 heavy (non-hydrogen) atoms. The van der Waals surface area contributed by atoms with Crippen molar-refractivity contribution in [1.29, 1.82) is 0 Å². The second-order valence-corrected chi connectivity index (χ2v) is 7.40. The number of amides is 1. The van der Waals surface area contributed by atoms with Crippen LogP contribution in [-0.4, -0.2) is 65.2 Å². The number of rotatable bonds is 8. The first-order valence-electron chi connectivity index (χ1n) is 10.4. The quantitative estimate of drug-likeness (QED) is 0.554. The van der Waals surface area contributed by atoms with Gasteiger partial charge in [0.15, 0.2) is 0 Å². The summed E-state index contributed by atoms with van der Waals surface area (Å²) in [6, 6.07) is 15.7. The molecule has 0 saturated carbocycles. The summed E-state index contributed by atoms with van der Waals surface area (Å²) in [6.45, 7) is 4.54. The molecule has 7 nitrogen and oxygen atoms in total. The number of ether oxygens (including phenoxy) is 1. The van der Waals surface area contributed by atoms with Gasteiger partial charge in [0, 0.05) is 51.1 Å². The molecule has 0 unspecified atom stereocenters. The summed E-state index contributed by atoms with van der Waals surface area (Å²) >= 11 is 0. The normalized spacial score (nSPS) is 14.5. The Hall–Kier alpha value is -3.26. The summed E-state index contributed by atoms with van der Waals surface area (Å²) in [7, 11) is 0. The number of aromatic nitrogens is 2. The minimum absolute atomic E-state index is 0.0849. The topological polar surface area (TPSA) is 71.7 Å². The largest absolute Gasteiger partial charge is 0.492 e. The van der Waals surface area contributed by atoms with Crippen LogP contribution in [0.25, 0.3) is 11.4 Å². The zero-order chi connectivity index (χ0) is 21.5. The molecule has 1 amide bonds. The molecule has 1 aliphatic rings.